The minimum Gasteiger partial charge on any atom is -0.352 e. The molecule has 3 aromatic rings. The molecule has 0 bridgehead atoms. The number of benzene rings is 1. The van der Waals surface area contributed by atoms with Gasteiger partial charge in [-0.2, -0.15) is 4.98 Å². The van der Waals surface area contributed by atoms with Crippen molar-refractivity contribution < 1.29 is 9.32 Å². The van der Waals surface area contributed by atoms with Crippen molar-refractivity contribution in [1.29, 1.82) is 0 Å². The van der Waals surface area contributed by atoms with Gasteiger partial charge in [-0.25, -0.2) is 0 Å². The van der Waals surface area contributed by atoms with Crippen molar-refractivity contribution in [1.82, 2.24) is 25.3 Å². The van der Waals surface area contributed by atoms with Crippen molar-refractivity contribution in [3.8, 4) is 10.7 Å². The van der Waals surface area contributed by atoms with E-state index in [1.165, 1.54) is 5.56 Å². The lowest BCUT2D eigenvalue weighted by Crippen LogP contribution is -2.43. The molecule has 8 heteroatoms. The van der Waals surface area contributed by atoms with Gasteiger partial charge in [-0.05, 0) is 36.0 Å². The van der Waals surface area contributed by atoms with E-state index in [-0.39, 0.29) is 5.91 Å². The second-order valence-electron chi connectivity index (χ2n) is 8.02. The number of hydrogen-bond donors (Lipinski definition) is 1. The van der Waals surface area contributed by atoms with Gasteiger partial charge in [-0.1, -0.05) is 35.5 Å². The van der Waals surface area contributed by atoms with E-state index in [0.29, 0.717) is 37.5 Å². The Morgan fingerprint density at radius 1 is 1.16 bits per heavy atom. The number of likely N-dealkylation sites (N-methyl/N-ethyl adjacent to an activating group) is 1. The first-order valence-electron chi connectivity index (χ1n) is 10.8. The molecular formula is C23H29N5O2S. The molecule has 1 aliphatic rings. The molecular weight excluding hydrogens is 410 g/mol. The molecule has 164 valence electrons. The molecule has 7 nitrogen and oxygen atoms in total. The monoisotopic (exact) mass is 439 g/mol. The zero-order valence-electron chi connectivity index (χ0n) is 17.9. The Morgan fingerprint density at radius 3 is 2.81 bits per heavy atom. The molecule has 0 radical (unpaired) electrons. The third-order valence-corrected chi connectivity index (χ3v) is 6.35. The van der Waals surface area contributed by atoms with E-state index in [9.17, 15) is 4.79 Å². The van der Waals surface area contributed by atoms with Crippen molar-refractivity contribution in [3.05, 3.63) is 58.8 Å². The number of carbonyl (C=O) groups excluding carboxylic acids is 1. The third kappa shape index (κ3) is 6.46. The van der Waals surface area contributed by atoms with E-state index >= 15 is 0 Å². The summed E-state index contributed by atoms with van der Waals surface area (Å²) in [6, 6.07) is 12.4. The molecule has 0 unspecified atom stereocenters. The smallest absolute Gasteiger partial charge is 0.226 e. The number of aryl methyl sites for hydroxylation is 1. The highest BCUT2D eigenvalue weighted by molar-refractivity contribution is 7.13. The lowest BCUT2D eigenvalue weighted by atomic mass is 10.1. The molecule has 1 fully saturated rings. The van der Waals surface area contributed by atoms with E-state index in [0.717, 1.165) is 43.2 Å². The summed E-state index contributed by atoms with van der Waals surface area (Å²) in [6.07, 6.45) is 1.73. The zero-order chi connectivity index (χ0) is 21.5. The quantitative estimate of drug-likeness (QED) is 0.552. The van der Waals surface area contributed by atoms with Crippen LogP contribution < -0.4 is 5.32 Å². The maximum absolute atomic E-state index is 12.2. The Morgan fingerprint density at radius 2 is 2.00 bits per heavy atom. The largest absolute Gasteiger partial charge is 0.352 e. The normalized spacial score (nSPS) is 15.3. The maximum atomic E-state index is 12.2. The second kappa shape index (κ2) is 10.7. The molecule has 1 aliphatic heterocycles. The number of nitrogens with zero attached hydrogens (tertiary/aromatic N) is 4. The van der Waals surface area contributed by atoms with Gasteiger partial charge in [-0.3, -0.25) is 9.69 Å². The number of rotatable bonds is 9. The summed E-state index contributed by atoms with van der Waals surface area (Å²) >= 11 is 1.58. The van der Waals surface area contributed by atoms with Gasteiger partial charge in [0.1, 0.15) is 0 Å². The number of piperazine rings is 1. The summed E-state index contributed by atoms with van der Waals surface area (Å²) in [5.41, 5.74) is 2.44. The van der Waals surface area contributed by atoms with Gasteiger partial charge in [-0.15, -0.1) is 11.3 Å². The minimum absolute atomic E-state index is 0.0440. The molecule has 4 rings (SSSR count). The average molecular weight is 440 g/mol. The molecule has 2 aromatic heterocycles. The van der Waals surface area contributed by atoms with Crippen molar-refractivity contribution in [2.45, 2.75) is 32.4 Å². The lowest BCUT2D eigenvalue weighted by Gasteiger charge is -2.32. The molecule has 1 amide bonds. The van der Waals surface area contributed by atoms with Crippen LogP contribution in [0.4, 0.5) is 0 Å². The van der Waals surface area contributed by atoms with Crippen molar-refractivity contribution >= 4 is 17.2 Å². The Bertz CT molecular complexity index is 964. The van der Waals surface area contributed by atoms with Crippen LogP contribution in [0.25, 0.3) is 10.7 Å². The van der Waals surface area contributed by atoms with E-state index in [2.05, 4.69) is 56.6 Å². The highest BCUT2D eigenvalue weighted by atomic mass is 32.1. The highest BCUT2D eigenvalue weighted by Gasteiger charge is 2.14. The van der Waals surface area contributed by atoms with Crippen LogP contribution in [0.5, 0.6) is 0 Å². The number of amides is 1. The Hall–Kier alpha value is -2.55. The third-order valence-electron chi connectivity index (χ3n) is 5.49. The summed E-state index contributed by atoms with van der Waals surface area (Å²) < 4.78 is 5.29. The highest BCUT2D eigenvalue weighted by Crippen LogP contribution is 2.21. The molecule has 0 atom stereocenters. The van der Waals surface area contributed by atoms with Crippen molar-refractivity contribution in [2.24, 2.45) is 0 Å². The van der Waals surface area contributed by atoms with Gasteiger partial charge in [0.15, 0.2) is 0 Å². The van der Waals surface area contributed by atoms with Crippen LogP contribution >= 0.6 is 11.3 Å². The topological polar surface area (TPSA) is 74.5 Å². The first-order valence-corrected chi connectivity index (χ1v) is 11.7. The second-order valence-corrected chi connectivity index (χ2v) is 8.97. The first kappa shape index (κ1) is 21.7. The molecule has 1 saturated heterocycles. The standard InChI is InChI=1S/C23H29N5O2S/c1-27-10-12-28(13-11-27)17-19-6-2-5-18(15-19)16-24-21(29)8-3-9-22-25-23(26-30-22)20-7-4-14-31-20/h2,4-7,14-15H,3,8-13,16-17H2,1H3,(H,24,29). The number of carbonyl (C=O) groups is 1. The van der Waals surface area contributed by atoms with Gasteiger partial charge in [0.05, 0.1) is 4.88 Å². The number of aromatic nitrogens is 2. The molecule has 0 spiro atoms. The van der Waals surface area contributed by atoms with Crippen LogP contribution in [0.1, 0.15) is 29.9 Å². The minimum atomic E-state index is 0.0440. The molecule has 31 heavy (non-hydrogen) atoms. The fourth-order valence-electron chi connectivity index (χ4n) is 3.65. The fourth-order valence-corrected chi connectivity index (χ4v) is 4.30. The van der Waals surface area contributed by atoms with Crippen LogP contribution in [0.3, 0.4) is 0 Å². The Kier molecular flexibility index (Phi) is 7.45. The van der Waals surface area contributed by atoms with Crippen molar-refractivity contribution in [3.63, 3.8) is 0 Å². The van der Waals surface area contributed by atoms with E-state index in [1.54, 1.807) is 11.3 Å². The summed E-state index contributed by atoms with van der Waals surface area (Å²) in [4.78, 5) is 22.5. The van der Waals surface area contributed by atoms with Crippen LogP contribution in [-0.4, -0.2) is 59.1 Å². The lowest BCUT2D eigenvalue weighted by molar-refractivity contribution is -0.121. The maximum Gasteiger partial charge on any atom is 0.226 e. The molecule has 1 aromatic carbocycles. The summed E-state index contributed by atoms with van der Waals surface area (Å²) in [6.45, 7) is 5.97. The van der Waals surface area contributed by atoms with E-state index in [1.807, 2.05) is 17.5 Å². The van der Waals surface area contributed by atoms with Crippen LogP contribution in [0.15, 0.2) is 46.3 Å². The predicted molar refractivity (Wildman–Crippen MR) is 122 cm³/mol. The SMILES string of the molecule is CN1CCN(Cc2cccc(CNC(=O)CCCc3nc(-c4cccs4)no3)c2)CC1. The van der Waals surface area contributed by atoms with Gasteiger partial charge in [0, 0.05) is 52.1 Å². The molecule has 0 saturated carbocycles. The number of hydrogen-bond acceptors (Lipinski definition) is 7. The molecule has 0 aliphatic carbocycles. The predicted octanol–water partition coefficient (Wildman–Crippen LogP) is 3.18. The number of nitrogens with one attached hydrogen (secondary N) is 1. The van der Waals surface area contributed by atoms with Crippen LogP contribution in [0, 0.1) is 0 Å². The Labute approximate surface area is 187 Å². The van der Waals surface area contributed by atoms with Crippen LogP contribution in [-0.2, 0) is 24.3 Å². The van der Waals surface area contributed by atoms with Gasteiger partial charge in [0.25, 0.3) is 0 Å². The summed E-state index contributed by atoms with van der Waals surface area (Å²) in [5, 5.41) is 9.01. The molecule has 3 heterocycles. The summed E-state index contributed by atoms with van der Waals surface area (Å²) in [7, 11) is 2.17. The summed E-state index contributed by atoms with van der Waals surface area (Å²) in [5.74, 6) is 1.24. The van der Waals surface area contributed by atoms with Gasteiger partial charge in [0.2, 0.25) is 17.6 Å². The fraction of sp³-hybridized carbons (Fsp3) is 0.435. The van der Waals surface area contributed by atoms with E-state index in [4.69, 9.17) is 4.52 Å². The van der Waals surface area contributed by atoms with E-state index < -0.39 is 0 Å². The van der Waals surface area contributed by atoms with Gasteiger partial charge < -0.3 is 14.7 Å². The van der Waals surface area contributed by atoms with Crippen molar-refractivity contribution in [2.75, 3.05) is 33.2 Å². The first-order chi connectivity index (χ1) is 15.2. The Balaban J connectivity index is 1.18. The zero-order valence-corrected chi connectivity index (χ0v) is 18.7. The molecule has 1 N–H and O–H groups in total. The average Bonchev–Trinajstić information content (AvgIpc) is 3.46. The number of thiophene rings is 1. The van der Waals surface area contributed by atoms with Gasteiger partial charge >= 0.3 is 0 Å². The van der Waals surface area contributed by atoms with Crippen LogP contribution in [0.2, 0.25) is 0 Å².